The Morgan fingerprint density at radius 3 is 2.14 bits per heavy atom. The van der Waals surface area contributed by atoms with Crippen LogP contribution in [0.5, 0.6) is 0 Å². The molecule has 3 unspecified atom stereocenters. The molecule has 0 amide bonds. The minimum Gasteiger partial charge on any atom is -0.465 e. The van der Waals surface area contributed by atoms with Gasteiger partial charge in [0.05, 0.1) is 6.26 Å². The second-order valence-corrected chi connectivity index (χ2v) is 25.7. The van der Waals surface area contributed by atoms with Gasteiger partial charge >= 0.3 is 0 Å². The quantitative estimate of drug-likeness (QED) is 0.189. The van der Waals surface area contributed by atoms with E-state index in [0.29, 0.717) is 11.8 Å². The maximum Gasteiger partial charge on any atom is 0.249 e. The summed E-state index contributed by atoms with van der Waals surface area (Å²) in [6.07, 6.45) is 31.2. The Balaban J connectivity index is 1.41. The topological polar surface area (TPSA) is 28.4 Å². The van der Waals surface area contributed by atoms with Gasteiger partial charge in [0.25, 0.3) is 0 Å². The summed E-state index contributed by atoms with van der Waals surface area (Å²) in [4.78, 5) is 2.67. The first-order valence-corrected chi connectivity index (χ1v) is 25.2. The molecule has 3 atom stereocenters. The van der Waals surface area contributed by atoms with Gasteiger partial charge in [-0.1, -0.05) is 176 Å². The zero-order chi connectivity index (χ0) is 47.9. The fraction of sp³-hybridized carbons (Fsp3) is 0.484. The van der Waals surface area contributed by atoms with Crippen LogP contribution < -0.4 is 10.8 Å². The minimum atomic E-state index is -0.125. The lowest BCUT2D eigenvalue weighted by Crippen LogP contribution is -2.50. The van der Waals surface area contributed by atoms with Gasteiger partial charge in [0, 0.05) is 33.9 Å². The van der Waals surface area contributed by atoms with Gasteiger partial charge < -0.3 is 14.6 Å². The molecule has 1 aromatic heterocycles. The standard InChI is InChI=1S/C62H81BN2O/c1-18-45(58(6,7)8)47(59(9,10)11)28-32-64-52-33-40(2)34-54-56(52)63(51-39-66-55-38-49-48(37-44(51)55)61(14,15)30-31-62(49,16)17)50-36-42(57(3,4)5)26-27-53(50)65(54)43-24-21-22-29-60(12,13)46-25-20-19-23-41(46)35-43/h18-25,28-29,32,34-39,45,47,52,64H,1,26-27,30-31,33H2,2-17H3/b24-21-,29-22+,32-28+,43-35-. The van der Waals surface area contributed by atoms with Crippen LogP contribution in [0, 0.1) is 28.1 Å². The molecule has 3 nitrogen and oxygen atoms in total. The summed E-state index contributed by atoms with van der Waals surface area (Å²) in [6.45, 7) is 42.4. The molecule has 0 radical (unpaired) electrons. The lowest BCUT2D eigenvalue weighted by atomic mass is 9.31. The largest absolute Gasteiger partial charge is 0.465 e. The molecule has 1 N–H and O–H groups in total. The van der Waals surface area contributed by atoms with E-state index in [1.54, 1.807) is 0 Å². The second-order valence-electron chi connectivity index (χ2n) is 25.7. The predicted octanol–water partition coefficient (Wildman–Crippen LogP) is 15.9. The highest BCUT2D eigenvalue weighted by Gasteiger charge is 2.46. The third-order valence-corrected chi connectivity index (χ3v) is 16.2. The molecule has 348 valence electrons. The molecule has 0 saturated carbocycles. The SMILES string of the molecule is C=CC(C(/C=C/NC1CC(C)=CC2=C1B(c1coc3cc4c(cc13)C(C)(C)CCC4(C)C)C1=C(CCC(C(C)(C)C)=C1)N2C1=C\c2ccccc2C(C)(C)/C=C/C=C\1)C(C)(C)C)C(C)(C)C. The molecule has 0 fully saturated rings. The lowest BCUT2D eigenvalue weighted by Gasteiger charge is -2.46. The van der Waals surface area contributed by atoms with Crippen LogP contribution in [-0.2, 0) is 16.2 Å². The van der Waals surface area contributed by atoms with Gasteiger partial charge in [-0.05, 0) is 153 Å². The third-order valence-electron chi connectivity index (χ3n) is 16.2. The average molecular weight is 881 g/mol. The van der Waals surface area contributed by atoms with Gasteiger partial charge in [-0.2, -0.15) is 0 Å². The number of fused-ring (bicyclic) bond motifs is 3. The normalized spacial score (nSPS) is 24.4. The fourth-order valence-corrected chi connectivity index (χ4v) is 12.1. The predicted molar refractivity (Wildman–Crippen MR) is 286 cm³/mol. The van der Waals surface area contributed by atoms with Gasteiger partial charge in [-0.25, -0.2) is 0 Å². The van der Waals surface area contributed by atoms with E-state index < -0.39 is 0 Å². The van der Waals surface area contributed by atoms with Gasteiger partial charge in [0.1, 0.15) is 5.58 Å². The number of rotatable bonds is 7. The summed E-state index contributed by atoms with van der Waals surface area (Å²) >= 11 is 0. The Morgan fingerprint density at radius 2 is 1.48 bits per heavy atom. The molecule has 3 aromatic rings. The van der Waals surface area contributed by atoms with Crippen LogP contribution in [0.1, 0.15) is 165 Å². The number of hydrogen-bond donors (Lipinski definition) is 1. The number of furan rings is 1. The molecule has 4 aliphatic carbocycles. The fourth-order valence-electron chi connectivity index (χ4n) is 12.1. The van der Waals surface area contributed by atoms with Crippen molar-refractivity contribution in [2.45, 2.75) is 165 Å². The van der Waals surface area contributed by atoms with Gasteiger partial charge in [0.2, 0.25) is 6.71 Å². The molecule has 0 saturated heterocycles. The van der Waals surface area contributed by atoms with Gasteiger partial charge in [0.15, 0.2) is 0 Å². The molecular weight excluding hydrogens is 800 g/mol. The van der Waals surface area contributed by atoms with Crippen LogP contribution in [0.2, 0.25) is 0 Å². The van der Waals surface area contributed by atoms with Gasteiger partial charge in [-0.3, -0.25) is 0 Å². The Morgan fingerprint density at radius 1 is 0.818 bits per heavy atom. The number of allylic oxidation sites excluding steroid dienone is 11. The average Bonchev–Trinajstić information content (AvgIpc) is 3.65. The maximum atomic E-state index is 6.84. The number of nitrogens with zero attached hydrogens (tertiary/aromatic N) is 1. The van der Waals surface area contributed by atoms with Gasteiger partial charge in [-0.15, -0.1) is 6.58 Å². The summed E-state index contributed by atoms with van der Waals surface area (Å²) in [6, 6.07) is 14.0. The van der Waals surface area contributed by atoms with Crippen molar-refractivity contribution in [1.29, 1.82) is 0 Å². The van der Waals surface area contributed by atoms with Crippen LogP contribution in [0.4, 0.5) is 0 Å². The number of benzene rings is 2. The van der Waals surface area contributed by atoms with E-state index >= 15 is 0 Å². The molecule has 5 aliphatic rings. The van der Waals surface area contributed by atoms with Crippen molar-refractivity contribution in [1.82, 2.24) is 10.2 Å². The van der Waals surface area contributed by atoms with Crippen molar-refractivity contribution >= 4 is 29.2 Å². The van der Waals surface area contributed by atoms with E-state index in [1.807, 2.05) is 0 Å². The molecule has 66 heavy (non-hydrogen) atoms. The van der Waals surface area contributed by atoms with E-state index in [-0.39, 0.29) is 45.2 Å². The van der Waals surface area contributed by atoms with E-state index in [4.69, 9.17) is 4.42 Å². The summed E-state index contributed by atoms with van der Waals surface area (Å²) in [5.41, 5.74) is 17.6. The Bertz CT molecular complexity index is 2670. The van der Waals surface area contributed by atoms with Crippen LogP contribution in [-0.4, -0.2) is 17.7 Å². The zero-order valence-corrected chi connectivity index (χ0v) is 43.7. The molecule has 0 bridgehead atoms. The van der Waals surface area contributed by atoms with Crippen LogP contribution >= 0.6 is 0 Å². The molecule has 1 aliphatic heterocycles. The van der Waals surface area contributed by atoms with E-state index in [2.05, 4.69) is 231 Å². The first-order chi connectivity index (χ1) is 30.7. The van der Waals surface area contributed by atoms with Crippen molar-refractivity contribution in [3.63, 3.8) is 0 Å². The number of nitrogens with one attached hydrogen (secondary N) is 1. The lowest BCUT2D eigenvalue weighted by molar-refractivity contribution is 0.143. The molecular formula is C62H81BN2O. The Labute approximate surface area is 400 Å². The van der Waals surface area contributed by atoms with Crippen LogP contribution in [0.25, 0.3) is 17.0 Å². The number of hydrogen-bond acceptors (Lipinski definition) is 3. The van der Waals surface area contributed by atoms with Crippen LogP contribution in [0.3, 0.4) is 0 Å². The first-order valence-electron chi connectivity index (χ1n) is 25.2. The van der Waals surface area contributed by atoms with Crippen molar-refractivity contribution < 1.29 is 4.42 Å². The second kappa shape index (κ2) is 16.8. The summed E-state index contributed by atoms with van der Waals surface area (Å²) in [5, 5.41) is 5.41. The highest BCUT2D eigenvalue weighted by Crippen LogP contribution is 2.50. The molecule has 8 rings (SSSR count). The smallest absolute Gasteiger partial charge is 0.249 e. The highest BCUT2D eigenvalue weighted by atomic mass is 16.3. The Kier molecular flexibility index (Phi) is 12.2. The Hall–Kier alpha value is -4.70. The molecule has 2 heterocycles. The summed E-state index contributed by atoms with van der Waals surface area (Å²) < 4.78 is 6.84. The maximum absolute atomic E-state index is 6.84. The molecule has 0 spiro atoms. The van der Waals surface area contributed by atoms with Crippen LogP contribution in [0.15, 0.2) is 148 Å². The summed E-state index contributed by atoms with van der Waals surface area (Å²) in [7, 11) is 0. The third kappa shape index (κ3) is 8.81. The zero-order valence-electron chi connectivity index (χ0n) is 43.7. The van der Waals surface area contributed by atoms with E-state index in [9.17, 15) is 0 Å². The molecule has 2 aromatic carbocycles. The highest BCUT2D eigenvalue weighted by molar-refractivity contribution is 6.88. The van der Waals surface area contributed by atoms with E-state index in [1.165, 1.54) is 85.1 Å². The van der Waals surface area contributed by atoms with Crippen molar-refractivity contribution in [2.75, 3.05) is 0 Å². The van der Waals surface area contributed by atoms with Crippen molar-refractivity contribution in [3.05, 3.63) is 165 Å². The monoisotopic (exact) mass is 881 g/mol. The molecule has 4 heteroatoms. The van der Waals surface area contributed by atoms with Crippen molar-refractivity contribution in [3.8, 4) is 0 Å². The minimum absolute atomic E-state index is 0.0147. The first kappa shape index (κ1) is 47.8. The summed E-state index contributed by atoms with van der Waals surface area (Å²) in [5.74, 6) is 0.608. The van der Waals surface area contributed by atoms with E-state index in [0.717, 1.165) is 24.8 Å². The van der Waals surface area contributed by atoms with Crippen molar-refractivity contribution in [2.24, 2.45) is 28.1 Å².